The Hall–Kier alpha value is -1.60. The monoisotopic (exact) mass is 341 g/mol. The Bertz CT molecular complexity index is 759. The maximum atomic E-state index is 12.2. The molecule has 1 aromatic carbocycles. The number of hydrogen-bond donors (Lipinski definition) is 1. The molecule has 1 aromatic heterocycles. The highest BCUT2D eigenvalue weighted by Crippen LogP contribution is 2.21. The molecule has 120 valence electrons. The predicted molar refractivity (Wildman–Crippen MR) is 87.6 cm³/mol. The molecular weight excluding hydrogens is 322 g/mol. The van der Waals surface area contributed by atoms with Crippen molar-refractivity contribution in [1.29, 1.82) is 0 Å². The summed E-state index contributed by atoms with van der Waals surface area (Å²) in [6.07, 6.45) is 1.30. The topological polar surface area (TPSA) is 76.4 Å². The molecule has 2 aromatic rings. The lowest BCUT2D eigenvalue weighted by molar-refractivity contribution is 0.452. The molecule has 0 radical (unpaired) electrons. The Morgan fingerprint density at radius 2 is 1.91 bits per heavy atom. The van der Waals surface area contributed by atoms with Gasteiger partial charge in [-0.1, -0.05) is 12.1 Å². The Balaban J connectivity index is 2.18. The fraction of sp³-hybridized carbons (Fsp3) is 0.333. The maximum absolute atomic E-state index is 12.2. The van der Waals surface area contributed by atoms with Crippen LogP contribution in [0, 0.1) is 0 Å². The molecule has 0 aliphatic heterocycles. The predicted octanol–water partition coefficient (Wildman–Crippen LogP) is 3.13. The average molecular weight is 341 g/mol. The lowest BCUT2D eigenvalue weighted by atomic mass is 10.2. The molecule has 5 nitrogen and oxygen atoms in total. The molecule has 0 spiro atoms. The molecule has 0 saturated heterocycles. The smallest absolute Gasteiger partial charge is 0.295 e. The Morgan fingerprint density at radius 3 is 2.50 bits per heavy atom. The quantitative estimate of drug-likeness (QED) is 0.906. The van der Waals surface area contributed by atoms with Crippen LogP contribution in [0.25, 0.3) is 0 Å². The fourth-order valence-corrected chi connectivity index (χ4v) is 3.61. The van der Waals surface area contributed by atoms with Gasteiger partial charge in [-0.2, -0.15) is 8.42 Å². The van der Waals surface area contributed by atoms with E-state index in [0.717, 1.165) is 5.56 Å². The second-order valence-electron chi connectivity index (χ2n) is 5.84. The lowest BCUT2D eigenvalue weighted by Gasteiger charge is -2.18. The molecule has 1 heterocycles. The van der Waals surface area contributed by atoms with Crippen LogP contribution in [0.4, 0.5) is 5.69 Å². The van der Waals surface area contributed by atoms with E-state index in [0.29, 0.717) is 11.4 Å². The van der Waals surface area contributed by atoms with Crippen LogP contribution in [0.2, 0.25) is 0 Å². The second-order valence-corrected chi connectivity index (χ2v) is 9.66. The molecule has 0 fully saturated rings. The molecule has 0 aliphatic rings. The van der Waals surface area contributed by atoms with Gasteiger partial charge in [-0.3, -0.25) is 8.93 Å². The van der Waals surface area contributed by atoms with Crippen molar-refractivity contribution in [2.24, 2.45) is 0 Å². The van der Waals surface area contributed by atoms with Crippen molar-refractivity contribution in [2.45, 2.75) is 36.4 Å². The van der Waals surface area contributed by atoms with Crippen molar-refractivity contribution >= 4 is 26.5 Å². The molecule has 1 atom stereocenters. The number of rotatable bonds is 5. The zero-order valence-electron chi connectivity index (χ0n) is 12.7. The fourth-order valence-electron chi connectivity index (χ4n) is 1.71. The highest BCUT2D eigenvalue weighted by Gasteiger charge is 2.20. The molecule has 2 rings (SSSR count). The van der Waals surface area contributed by atoms with Crippen molar-refractivity contribution < 1.29 is 17.0 Å². The van der Waals surface area contributed by atoms with Gasteiger partial charge in [-0.05, 0) is 50.6 Å². The normalized spacial score (nSPS) is 13.8. The molecule has 0 amide bonds. The van der Waals surface area contributed by atoms with E-state index < -0.39 is 20.8 Å². The first kappa shape index (κ1) is 16.8. The van der Waals surface area contributed by atoms with Gasteiger partial charge >= 0.3 is 0 Å². The van der Waals surface area contributed by atoms with Crippen LogP contribution in [-0.4, -0.2) is 17.4 Å². The molecule has 1 N–H and O–H groups in total. The SMILES string of the molecule is CC(C)(C)S(=O)Cc1cccc(NS(=O)(=O)c2ccco2)c1. The first-order valence-corrected chi connectivity index (χ1v) is 9.52. The van der Waals surface area contributed by atoms with Gasteiger partial charge in [0.05, 0.1) is 6.26 Å². The van der Waals surface area contributed by atoms with E-state index in [1.54, 1.807) is 18.2 Å². The number of hydrogen-bond acceptors (Lipinski definition) is 4. The lowest BCUT2D eigenvalue weighted by Crippen LogP contribution is -2.23. The summed E-state index contributed by atoms with van der Waals surface area (Å²) in [5, 5.41) is -0.142. The van der Waals surface area contributed by atoms with Crippen molar-refractivity contribution in [3.8, 4) is 0 Å². The number of furan rings is 1. The molecule has 7 heteroatoms. The van der Waals surface area contributed by atoms with Crippen LogP contribution in [0.3, 0.4) is 0 Å². The van der Waals surface area contributed by atoms with E-state index in [-0.39, 0.29) is 9.84 Å². The van der Waals surface area contributed by atoms with Gasteiger partial charge in [-0.25, -0.2) is 0 Å². The minimum Gasteiger partial charge on any atom is -0.451 e. The van der Waals surface area contributed by atoms with Gasteiger partial charge in [0, 0.05) is 27.0 Å². The van der Waals surface area contributed by atoms with Crippen molar-refractivity contribution in [3.05, 3.63) is 48.2 Å². The Kier molecular flexibility index (Phi) is 4.77. The highest BCUT2D eigenvalue weighted by molar-refractivity contribution is 7.92. The standard InChI is InChI=1S/C15H19NO4S2/c1-15(2,3)21(17)11-12-6-4-7-13(10-12)16-22(18,19)14-8-5-9-20-14/h4-10,16H,11H2,1-3H3. The van der Waals surface area contributed by atoms with Crippen LogP contribution < -0.4 is 4.72 Å². The zero-order chi connectivity index (χ0) is 16.4. The molecule has 0 bridgehead atoms. The summed E-state index contributed by atoms with van der Waals surface area (Å²) in [5.41, 5.74) is 1.23. The van der Waals surface area contributed by atoms with E-state index >= 15 is 0 Å². The van der Waals surface area contributed by atoms with E-state index in [4.69, 9.17) is 4.42 Å². The summed E-state index contributed by atoms with van der Waals surface area (Å²) in [7, 11) is -4.78. The van der Waals surface area contributed by atoms with Crippen LogP contribution in [0.15, 0.2) is 52.2 Å². The summed E-state index contributed by atoms with van der Waals surface area (Å²) in [5.74, 6) is 0.375. The minimum absolute atomic E-state index is 0.142. The van der Waals surface area contributed by atoms with Crippen LogP contribution >= 0.6 is 0 Å². The highest BCUT2D eigenvalue weighted by atomic mass is 32.2. The number of sulfonamides is 1. The average Bonchev–Trinajstić information content (AvgIpc) is 2.92. The minimum atomic E-state index is -3.74. The van der Waals surface area contributed by atoms with Crippen molar-refractivity contribution in [3.63, 3.8) is 0 Å². The molecule has 1 unspecified atom stereocenters. The van der Waals surface area contributed by atoms with Gasteiger partial charge in [0.1, 0.15) is 0 Å². The molecule has 0 aliphatic carbocycles. The van der Waals surface area contributed by atoms with E-state index in [2.05, 4.69) is 4.72 Å². The van der Waals surface area contributed by atoms with Crippen LogP contribution in [0.5, 0.6) is 0 Å². The summed E-state index contributed by atoms with van der Waals surface area (Å²) in [4.78, 5) is 0. The van der Waals surface area contributed by atoms with Gasteiger partial charge in [0.25, 0.3) is 10.0 Å². The Morgan fingerprint density at radius 1 is 1.18 bits per heavy atom. The summed E-state index contributed by atoms with van der Waals surface area (Å²) in [6, 6.07) is 9.77. The summed E-state index contributed by atoms with van der Waals surface area (Å²) < 4.78 is 43.4. The first-order chi connectivity index (χ1) is 10.2. The Labute approximate surface area is 133 Å². The van der Waals surface area contributed by atoms with Gasteiger partial charge in [0.15, 0.2) is 0 Å². The van der Waals surface area contributed by atoms with E-state index in [1.165, 1.54) is 18.4 Å². The van der Waals surface area contributed by atoms with Crippen LogP contribution in [-0.2, 0) is 26.6 Å². The number of anilines is 1. The third-order valence-electron chi connectivity index (χ3n) is 2.92. The number of benzene rings is 1. The molecule has 22 heavy (non-hydrogen) atoms. The van der Waals surface area contributed by atoms with Crippen molar-refractivity contribution in [2.75, 3.05) is 4.72 Å². The second kappa shape index (κ2) is 6.26. The van der Waals surface area contributed by atoms with E-state index in [9.17, 15) is 12.6 Å². The van der Waals surface area contributed by atoms with Gasteiger partial charge in [-0.15, -0.1) is 0 Å². The van der Waals surface area contributed by atoms with Gasteiger partial charge in [0.2, 0.25) is 5.09 Å². The van der Waals surface area contributed by atoms with Crippen molar-refractivity contribution in [1.82, 2.24) is 0 Å². The molecule has 0 saturated carbocycles. The number of nitrogens with one attached hydrogen (secondary N) is 1. The summed E-state index contributed by atoms with van der Waals surface area (Å²) >= 11 is 0. The third-order valence-corrected chi connectivity index (χ3v) is 6.15. The van der Waals surface area contributed by atoms with E-state index in [1.807, 2.05) is 26.8 Å². The van der Waals surface area contributed by atoms with Gasteiger partial charge < -0.3 is 4.42 Å². The first-order valence-electron chi connectivity index (χ1n) is 6.72. The maximum Gasteiger partial charge on any atom is 0.295 e. The van der Waals surface area contributed by atoms with Crippen LogP contribution in [0.1, 0.15) is 26.3 Å². The third kappa shape index (κ3) is 4.20. The summed E-state index contributed by atoms with van der Waals surface area (Å²) in [6.45, 7) is 5.73. The molecular formula is C15H19NO4S2. The zero-order valence-corrected chi connectivity index (χ0v) is 14.3. The largest absolute Gasteiger partial charge is 0.451 e.